The summed E-state index contributed by atoms with van der Waals surface area (Å²) in [5.74, 6) is 2.69. The van der Waals surface area contributed by atoms with Crippen LogP contribution in [0.4, 0.5) is 11.8 Å². The number of aryl methyl sites for hydroxylation is 1. The second kappa shape index (κ2) is 12.4. The van der Waals surface area contributed by atoms with E-state index in [-0.39, 0.29) is 18.1 Å². The largest absolute Gasteiger partial charge is 0.497 e. The van der Waals surface area contributed by atoms with Gasteiger partial charge in [-0.05, 0) is 72.7 Å². The first kappa shape index (κ1) is 29.2. The van der Waals surface area contributed by atoms with Crippen LogP contribution in [0.1, 0.15) is 47.0 Å². The van der Waals surface area contributed by atoms with E-state index in [1.165, 1.54) is 22.9 Å². The summed E-state index contributed by atoms with van der Waals surface area (Å²) < 4.78 is 10.8. The van der Waals surface area contributed by atoms with Crippen LogP contribution in [0, 0.1) is 12.3 Å². The van der Waals surface area contributed by atoms with Crippen LogP contribution in [0.2, 0.25) is 0 Å². The Hall–Kier alpha value is -3.93. The molecule has 4 aromatic rings. The van der Waals surface area contributed by atoms with Crippen molar-refractivity contribution in [2.24, 2.45) is 11.1 Å². The summed E-state index contributed by atoms with van der Waals surface area (Å²) in [7, 11) is 3.26. The number of aliphatic hydroxyl groups is 1. The lowest BCUT2D eigenvalue weighted by Gasteiger charge is -2.43. The van der Waals surface area contributed by atoms with Crippen LogP contribution < -0.4 is 25.4 Å². The van der Waals surface area contributed by atoms with Crippen LogP contribution in [0.3, 0.4) is 0 Å². The highest BCUT2D eigenvalue weighted by Crippen LogP contribution is 2.51. The highest BCUT2D eigenvalue weighted by Gasteiger charge is 2.46. The van der Waals surface area contributed by atoms with Crippen LogP contribution in [-0.2, 0) is 19.6 Å². The molecule has 1 spiro atoms. The first-order valence-corrected chi connectivity index (χ1v) is 15.3. The molecule has 2 aromatic heterocycles. The molecule has 1 saturated heterocycles. The molecule has 0 saturated carbocycles. The van der Waals surface area contributed by atoms with E-state index in [2.05, 4.69) is 44.5 Å². The molecular formula is C32H37N7O3S. The van der Waals surface area contributed by atoms with Gasteiger partial charge in [-0.2, -0.15) is 0 Å². The average molecular weight is 600 g/mol. The van der Waals surface area contributed by atoms with E-state index in [9.17, 15) is 5.11 Å². The number of benzene rings is 2. The van der Waals surface area contributed by atoms with E-state index in [1.807, 2.05) is 31.2 Å². The number of nitrogens with two attached hydrogens (primary N) is 1. The van der Waals surface area contributed by atoms with Gasteiger partial charge < -0.3 is 30.5 Å². The van der Waals surface area contributed by atoms with Gasteiger partial charge in [0.25, 0.3) is 0 Å². The molecule has 1 aliphatic carbocycles. The maximum absolute atomic E-state index is 10.3. The summed E-state index contributed by atoms with van der Waals surface area (Å²) in [6.07, 6.45) is 4.69. The molecule has 4 N–H and O–H groups in total. The molecule has 10 nitrogen and oxygen atoms in total. The smallest absolute Gasteiger partial charge is 0.223 e. The Labute approximate surface area is 256 Å². The number of aromatic nitrogens is 4. The molecule has 0 unspecified atom stereocenters. The monoisotopic (exact) mass is 599 g/mol. The van der Waals surface area contributed by atoms with Crippen LogP contribution in [0.5, 0.6) is 11.5 Å². The van der Waals surface area contributed by atoms with Crippen molar-refractivity contribution < 1.29 is 14.6 Å². The third-order valence-corrected chi connectivity index (χ3v) is 9.66. The summed E-state index contributed by atoms with van der Waals surface area (Å²) in [6, 6.07) is 16.1. The molecule has 1 atom stereocenters. The quantitative estimate of drug-likeness (QED) is 0.232. The number of fused-ring (bicyclic) bond motifs is 1. The normalized spacial score (nSPS) is 17.1. The van der Waals surface area contributed by atoms with Gasteiger partial charge in [-0.25, -0.2) is 19.9 Å². The summed E-state index contributed by atoms with van der Waals surface area (Å²) in [4.78, 5) is 21.1. The number of anilines is 2. The number of rotatable bonds is 9. The van der Waals surface area contributed by atoms with Crippen molar-refractivity contribution in [2.75, 3.05) is 37.5 Å². The summed E-state index contributed by atoms with van der Waals surface area (Å²) >= 11 is 1.40. The number of nitrogens with zero attached hydrogens (tertiary/aromatic N) is 5. The molecule has 3 heterocycles. The molecule has 0 amide bonds. The van der Waals surface area contributed by atoms with Crippen molar-refractivity contribution in [3.8, 4) is 11.5 Å². The van der Waals surface area contributed by atoms with Crippen LogP contribution >= 0.6 is 11.8 Å². The van der Waals surface area contributed by atoms with Crippen LogP contribution in [0.25, 0.3) is 0 Å². The van der Waals surface area contributed by atoms with Gasteiger partial charge in [0.15, 0.2) is 5.82 Å². The number of nitrogens with one attached hydrogen (secondary N) is 1. The Kier molecular flexibility index (Phi) is 8.38. The molecule has 43 heavy (non-hydrogen) atoms. The second-order valence-electron chi connectivity index (χ2n) is 11.1. The molecule has 2 aliphatic rings. The maximum atomic E-state index is 10.3. The number of methoxy groups -OCH3 is 2. The topological polar surface area (TPSA) is 132 Å². The van der Waals surface area contributed by atoms with E-state index in [0.29, 0.717) is 23.2 Å². The average Bonchev–Trinajstić information content (AvgIpc) is 3.31. The molecule has 2 aromatic carbocycles. The lowest BCUT2D eigenvalue weighted by molar-refractivity contribution is 0.186. The zero-order chi connectivity index (χ0) is 30.0. The Morgan fingerprint density at radius 3 is 2.63 bits per heavy atom. The highest BCUT2D eigenvalue weighted by molar-refractivity contribution is 7.99. The van der Waals surface area contributed by atoms with Crippen molar-refractivity contribution >= 4 is 23.5 Å². The molecule has 1 aliphatic heterocycles. The summed E-state index contributed by atoms with van der Waals surface area (Å²) in [5, 5.41) is 15.0. The molecule has 224 valence electrons. The first-order chi connectivity index (χ1) is 20.9. The Morgan fingerprint density at radius 2 is 1.88 bits per heavy atom. The third kappa shape index (κ3) is 5.84. The Balaban J connectivity index is 1.13. The minimum absolute atomic E-state index is 0.0558. The van der Waals surface area contributed by atoms with Crippen molar-refractivity contribution in [1.29, 1.82) is 0 Å². The summed E-state index contributed by atoms with van der Waals surface area (Å²) in [6.45, 7) is 3.90. The number of ether oxygens (including phenoxy) is 2. The Morgan fingerprint density at radius 1 is 1.07 bits per heavy atom. The Bertz CT molecular complexity index is 1610. The fraction of sp³-hybridized carbons (Fsp3) is 0.375. The van der Waals surface area contributed by atoms with E-state index in [1.54, 1.807) is 20.4 Å². The van der Waals surface area contributed by atoms with Gasteiger partial charge in [0.05, 0.1) is 26.5 Å². The van der Waals surface area contributed by atoms with Crippen molar-refractivity contribution in [3.05, 3.63) is 82.8 Å². The minimum atomic E-state index is -0.191. The van der Waals surface area contributed by atoms with Gasteiger partial charge in [-0.3, -0.25) is 0 Å². The van der Waals surface area contributed by atoms with Crippen molar-refractivity contribution in [3.63, 3.8) is 0 Å². The van der Waals surface area contributed by atoms with Crippen LogP contribution in [0.15, 0.2) is 64.8 Å². The highest BCUT2D eigenvalue weighted by atomic mass is 32.2. The fourth-order valence-corrected chi connectivity index (χ4v) is 7.01. The number of hydrogen-bond acceptors (Lipinski definition) is 11. The first-order valence-electron chi connectivity index (χ1n) is 14.5. The fourth-order valence-electron chi connectivity index (χ4n) is 6.21. The van der Waals surface area contributed by atoms with Crippen molar-refractivity contribution in [2.45, 2.75) is 55.4 Å². The number of piperidine rings is 1. The lowest BCUT2D eigenvalue weighted by atomic mass is 9.73. The predicted octanol–water partition coefficient (Wildman–Crippen LogP) is 4.69. The molecular weight excluding hydrogens is 562 g/mol. The van der Waals surface area contributed by atoms with Crippen molar-refractivity contribution in [1.82, 2.24) is 19.9 Å². The van der Waals surface area contributed by atoms with Gasteiger partial charge in [-0.1, -0.05) is 24.3 Å². The zero-order valence-corrected chi connectivity index (χ0v) is 25.5. The SMILES string of the molecule is COc1ccc(CNc2nccc(Sc3nc(CO)c(N4CCC5(CC4)Cc4ccccc4[C@H]5N)nc3C)n2)c(OC)c1. The molecule has 0 radical (unpaired) electrons. The second-order valence-corrected chi connectivity index (χ2v) is 12.1. The molecule has 0 bridgehead atoms. The van der Waals surface area contributed by atoms with Gasteiger partial charge in [0, 0.05) is 43.5 Å². The number of hydrogen-bond donors (Lipinski definition) is 3. The minimum Gasteiger partial charge on any atom is -0.497 e. The van der Waals surface area contributed by atoms with Gasteiger partial charge in [0.1, 0.15) is 27.2 Å². The molecule has 11 heteroatoms. The van der Waals surface area contributed by atoms with Crippen LogP contribution in [-0.4, -0.2) is 52.4 Å². The lowest BCUT2D eigenvalue weighted by Crippen LogP contribution is -2.45. The van der Waals surface area contributed by atoms with Gasteiger partial charge >= 0.3 is 0 Å². The van der Waals surface area contributed by atoms with E-state index < -0.39 is 0 Å². The zero-order valence-electron chi connectivity index (χ0n) is 24.7. The number of aliphatic hydroxyl groups excluding tert-OH is 1. The van der Waals surface area contributed by atoms with Gasteiger partial charge in [0.2, 0.25) is 5.95 Å². The molecule has 1 fully saturated rings. The van der Waals surface area contributed by atoms with Gasteiger partial charge in [-0.15, -0.1) is 0 Å². The standard InChI is InChI=1S/C32H37N7O3S/c1-20-30(43-27-10-13-34-31(38-27)35-18-22-8-9-23(41-2)16-26(22)42-3)37-25(19-40)29(36-20)39-14-11-32(12-15-39)17-21-6-4-5-7-24(21)28(32)33/h4-10,13,16,28,40H,11-12,14-15,17-19,33H2,1-3H3,(H,34,35,38)/t28-/m1/s1. The predicted molar refractivity (Wildman–Crippen MR) is 167 cm³/mol. The van der Waals surface area contributed by atoms with E-state index >= 15 is 0 Å². The third-order valence-electron chi connectivity index (χ3n) is 8.64. The van der Waals surface area contributed by atoms with E-state index in [4.69, 9.17) is 25.2 Å². The maximum Gasteiger partial charge on any atom is 0.223 e. The summed E-state index contributed by atoms with van der Waals surface area (Å²) in [5.41, 5.74) is 11.8. The molecule has 6 rings (SSSR count). The van der Waals surface area contributed by atoms with E-state index in [0.717, 1.165) is 66.0 Å².